The number of carbonyl (C=O) groups excluding carboxylic acids is 1. The first-order chi connectivity index (χ1) is 14.5. The van der Waals surface area contributed by atoms with Crippen LogP contribution in [-0.4, -0.2) is 45.9 Å². The van der Waals surface area contributed by atoms with Crippen molar-refractivity contribution in [2.24, 2.45) is 5.92 Å². The molecule has 2 aromatic heterocycles. The predicted octanol–water partition coefficient (Wildman–Crippen LogP) is 4.52. The van der Waals surface area contributed by atoms with E-state index in [2.05, 4.69) is 32.2 Å². The van der Waals surface area contributed by atoms with Crippen molar-refractivity contribution in [2.75, 3.05) is 25.5 Å². The second-order valence-electron chi connectivity index (χ2n) is 8.27. The van der Waals surface area contributed by atoms with Gasteiger partial charge in [-0.1, -0.05) is 0 Å². The molecule has 0 bridgehead atoms. The van der Waals surface area contributed by atoms with Crippen LogP contribution in [-0.2, 0) is 4.79 Å². The van der Waals surface area contributed by atoms with Gasteiger partial charge in [0.15, 0.2) is 0 Å². The standard InChI is InChI=1S/C23H28FN5O/c1-15-18(24)6-7-19-22(15)28-23(26-19)17-8-11-25-20(14-17)27-21(30)5-3-4-16-9-12-29(2)13-10-16/h6-8,11,14,16H,3-5,9-10,12-13H2,1-2H3,(H,26,28)(H,25,27,30). The number of halogens is 1. The summed E-state index contributed by atoms with van der Waals surface area (Å²) in [6, 6.07) is 6.73. The number of benzene rings is 1. The van der Waals surface area contributed by atoms with E-state index < -0.39 is 0 Å². The fourth-order valence-corrected chi connectivity index (χ4v) is 4.08. The van der Waals surface area contributed by atoms with Gasteiger partial charge in [-0.25, -0.2) is 14.4 Å². The molecule has 3 aromatic rings. The minimum absolute atomic E-state index is 0.0184. The molecule has 1 fully saturated rings. The highest BCUT2D eigenvalue weighted by molar-refractivity contribution is 5.90. The van der Waals surface area contributed by atoms with Crippen LogP contribution in [0.4, 0.5) is 10.2 Å². The Morgan fingerprint density at radius 1 is 1.30 bits per heavy atom. The summed E-state index contributed by atoms with van der Waals surface area (Å²) >= 11 is 0. The van der Waals surface area contributed by atoms with Crippen LogP contribution in [0.5, 0.6) is 0 Å². The highest BCUT2D eigenvalue weighted by atomic mass is 19.1. The first-order valence-electron chi connectivity index (χ1n) is 10.6. The maximum Gasteiger partial charge on any atom is 0.225 e. The Balaban J connectivity index is 1.36. The molecule has 30 heavy (non-hydrogen) atoms. The fourth-order valence-electron chi connectivity index (χ4n) is 4.08. The lowest BCUT2D eigenvalue weighted by Gasteiger charge is -2.28. The summed E-state index contributed by atoms with van der Waals surface area (Å²) in [5.74, 6) is 1.56. The lowest BCUT2D eigenvalue weighted by molar-refractivity contribution is -0.116. The summed E-state index contributed by atoms with van der Waals surface area (Å²) in [7, 11) is 2.16. The third-order valence-corrected chi connectivity index (χ3v) is 6.00. The van der Waals surface area contributed by atoms with Crippen LogP contribution in [0.25, 0.3) is 22.4 Å². The van der Waals surface area contributed by atoms with E-state index in [9.17, 15) is 9.18 Å². The smallest absolute Gasteiger partial charge is 0.225 e. The summed E-state index contributed by atoms with van der Waals surface area (Å²) in [6.45, 7) is 4.02. The van der Waals surface area contributed by atoms with Crippen molar-refractivity contribution in [1.29, 1.82) is 0 Å². The molecule has 1 aromatic carbocycles. The molecule has 7 heteroatoms. The summed E-state index contributed by atoms with van der Waals surface area (Å²) < 4.78 is 13.8. The van der Waals surface area contributed by atoms with Crippen molar-refractivity contribution >= 4 is 22.8 Å². The number of nitrogens with zero attached hydrogens (tertiary/aromatic N) is 3. The summed E-state index contributed by atoms with van der Waals surface area (Å²) in [6.07, 6.45) is 6.59. The predicted molar refractivity (Wildman–Crippen MR) is 117 cm³/mol. The Kier molecular flexibility index (Phi) is 6.08. The van der Waals surface area contributed by atoms with Gasteiger partial charge in [0.05, 0.1) is 11.0 Å². The molecule has 6 nitrogen and oxygen atoms in total. The second-order valence-corrected chi connectivity index (χ2v) is 8.27. The molecule has 0 aliphatic carbocycles. The van der Waals surface area contributed by atoms with Gasteiger partial charge >= 0.3 is 0 Å². The number of piperidine rings is 1. The van der Waals surface area contributed by atoms with Crippen LogP contribution < -0.4 is 5.32 Å². The van der Waals surface area contributed by atoms with Crippen LogP contribution >= 0.6 is 0 Å². The molecule has 0 unspecified atom stereocenters. The molecular weight excluding hydrogens is 381 g/mol. The van der Waals surface area contributed by atoms with Crippen LogP contribution in [0, 0.1) is 18.7 Å². The lowest BCUT2D eigenvalue weighted by Crippen LogP contribution is -2.30. The van der Waals surface area contributed by atoms with Crippen molar-refractivity contribution in [2.45, 2.75) is 39.0 Å². The van der Waals surface area contributed by atoms with E-state index in [1.165, 1.54) is 18.9 Å². The van der Waals surface area contributed by atoms with Crippen LogP contribution in [0.3, 0.4) is 0 Å². The zero-order valence-corrected chi connectivity index (χ0v) is 17.5. The Bertz CT molecular complexity index is 1040. The largest absolute Gasteiger partial charge is 0.338 e. The number of anilines is 1. The summed E-state index contributed by atoms with van der Waals surface area (Å²) in [4.78, 5) is 26.7. The number of likely N-dealkylation sites (tertiary alicyclic amines) is 1. The molecule has 0 spiro atoms. The SMILES string of the molecule is Cc1c(F)ccc2[nH]c(-c3ccnc(NC(=O)CCCC4CCN(C)CC4)c3)nc12. The van der Waals surface area contributed by atoms with Crippen LogP contribution in [0.2, 0.25) is 0 Å². The molecule has 2 N–H and O–H groups in total. The van der Waals surface area contributed by atoms with Crippen molar-refractivity contribution in [3.63, 3.8) is 0 Å². The minimum Gasteiger partial charge on any atom is -0.338 e. The number of aromatic amines is 1. The molecule has 4 rings (SSSR count). The maximum atomic E-state index is 13.8. The number of rotatable bonds is 6. The third kappa shape index (κ3) is 4.67. The van der Waals surface area contributed by atoms with Gasteiger partial charge in [-0.3, -0.25) is 4.79 Å². The average molecular weight is 410 g/mol. The van der Waals surface area contributed by atoms with E-state index in [0.29, 0.717) is 29.1 Å². The monoisotopic (exact) mass is 409 g/mol. The fraction of sp³-hybridized carbons (Fsp3) is 0.435. The number of aromatic nitrogens is 3. The van der Waals surface area contributed by atoms with E-state index in [1.807, 2.05) is 6.07 Å². The molecule has 0 atom stereocenters. The third-order valence-electron chi connectivity index (χ3n) is 6.00. The second kappa shape index (κ2) is 8.92. The lowest BCUT2D eigenvalue weighted by atomic mass is 9.92. The number of amides is 1. The van der Waals surface area contributed by atoms with Crippen LogP contribution in [0.1, 0.15) is 37.7 Å². The normalized spacial score (nSPS) is 15.6. The topological polar surface area (TPSA) is 73.9 Å². The number of pyridine rings is 1. The molecule has 1 saturated heterocycles. The van der Waals surface area contributed by atoms with E-state index in [0.717, 1.165) is 42.9 Å². The Hall–Kier alpha value is -2.80. The zero-order chi connectivity index (χ0) is 21.1. The zero-order valence-electron chi connectivity index (χ0n) is 17.5. The molecule has 0 saturated carbocycles. The minimum atomic E-state index is -0.275. The average Bonchev–Trinajstić information content (AvgIpc) is 3.18. The number of nitrogens with one attached hydrogen (secondary N) is 2. The number of imidazole rings is 1. The number of fused-ring (bicyclic) bond motifs is 1. The van der Waals surface area contributed by atoms with Gasteiger partial charge < -0.3 is 15.2 Å². The van der Waals surface area contributed by atoms with Crippen molar-refractivity contribution in [1.82, 2.24) is 19.9 Å². The van der Waals surface area contributed by atoms with Crippen LogP contribution in [0.15, 0.2) is 30.5 Å². The van der Waals surface area contributed by atoms with Gasteiger partial charge in [-0.05, 0) is 82.9 Å². The van der Waals surface area contributed by atoms with Crippen molar-refractivity contribution in [3.8, 4) is 11.4 Å². The van der Waals surface area contributed by atoms with Gasteiger partial charge in [0.1, 0.15) is 17.5 Å². The quantitative estimate of drug-likeness (QED) is 0.628. The molecule has 1 amide bonds. The molecule has 1 aliphatic rings. The van der Waals surface area contributed by atoms with Gasteiger partial charge in [-0.2, -0.15) is 0 Å². The highest BCUT2D eigenvalue weighted by Gasteiger charge is 2.17. The number of H-pyrrole nitrogens is 1. The summed E-state index contributed by atoms with van der Waals surface area (Å²) in [5.41, 5.74) is 2.70. The number of aryl methyl sites for hydroxylation is 1. The first kappa shape index (κ1) is 20.5. The summed E-state index contributed by atoms with van der Waals surface area (Å²) in [5, 5.41) is 2.89. The number of hydrogen-bond donors (Lipinski definition) is 2. The van der Waals surface area contributed by atoms with Gasteiger partial charge in [0, 0.05) is 23.7 Å². The van der Waals surface area contributed by atoms with Gasteiger partial charge in [0.2, 0.25) is 5.91 Å². The number of hydrogen-bond acceptors (Lipinski definition) is 4. The van der Waals surface area contributed by atoms with Crippen molar-refractivity contribution in [3.05, 3.63) is 41.8 Å². The Labute approximate surface area is 175 Å². The molecule has 1 aliphatic heterocycles. The Morgan fingerprint density at radius 2 is 2.10 bits per heavy atom. The molecule has 0 radical (unpaired) electrons. The maximum absolute atomic E-state index is 13.8. The molecular formula is C23H28FN5O. The van der Waals surface area contributed by atoms with E-state index in [4.69, 9.17) is 0 Å². The molecule has 158 valence electrons. The van der Waals surface area contributed by atoms with Crippen molar-refractivity contribution < 1.29 is 9.18 Å². The molecule has 3 heterocycles. The number of carbonyl (C=O) groups is 1. The first-order valence-corrected chi connectivity index (χ1v) is 10.6. The van der Waals surface area contributed by atoms with E-state index in [-0.39, 0.29) is 11.7 Å². The van der Waals surface area contributed by atoms with Gasteiger partial charge in [-0.15, -0.1) is 0 Å². The highest BCUT2D eigenvalue weighted by Crippen LogP contribution is 2.25. The van der Waals surface area contributed by atoms with Gasteiger partial charge in [0.25, 0.3) is 0 Å². The van der Waals surface area contributed by atoms with E-state index >= 15 is 0 Å². The van der Waals surface area contributed by atoms with E-state index in [1.54, 1.807) is 25.3 Å². The Morgan fingerprint density at radius 3 is 2.90 bits per heavy atom.